The smallest absolute Gasteiger partial charge is 0.201 e. The van der Waals surface area contributed by atoms with Crippen molar-refractivity contribution in [1.82, 2.24) is 25.3 Å². The molecule has 4 aliphatic rings. The van der Waals surface area contributed by atoms with E-state index < -0.39 is 82.4 Å². The Bertz CT molecular complexity index is 3680. The fraction of sp³-hybridized carbons (Fsp3) is 0.160. The van der Waals surface area contributed by atoms with Gasteiger partial charge >= 0.3 is 0 Å². The maximum atomic E-state index is 12.3. The van der Waals surface area contributed by atoms with Crippen molar-refractivity contribution >= 4 is 83.6 Å². The van der Waals surface area contributed by atoms with Crippen molar-refractivity contribution in [3.63, 3.8) is 0 Å². The van der Waals surface area contributed by atoms with Crippen LogP contribution in [0.15, 0.2) is 103 Å². The predicted molar refractivity (Wildman–Crippen MR) is 258 cm³/mol. The molecule has 4 heterocycles. The Hall–Kier alpha value is -7.58. The van der Waals surface area contributed by atoms with Gasteiger partial charge in [-0.1, -0.05) is 78.9 Å². The standard InChI is InChI=1S/C50H40BN5O11S/c51-38-34-32-25(13-14-27(57)41(32)62)56(39(34)40-35(45(38)66)33-26(17-29(59)44(65)46(33)67)55(40)21-9-5-2-6-10-21)24-12-11-20(50-52-49(53-54-50)19-7-3-1-4-8-19)15-22(24)23-16-28(58)42(63)36-37-43(64)30(60)18-31(61)48(37)68-47(23)36/h1-9,11-18,21-22,24,27,41,49-50,52-54,57-67H,10H2. The van der Waals surface area contributed by atoms with E-state index in [1.807, 2.05) is 82.0 Å². The summed E-state index contributed by atoms with van der Waals surface area (Å²) in [6, 6.07) is 12.0. The molecule has 0 saturated carbocycles. The molecule has 3 aliphatic carbocycles. The lowest BCUT2D eigenvalue weighted by Gasteiger charge is -2.33. The molecule has 12 rings (SSSR count). The van der Waals surface area contributed by atoms with Crippen molar-refractivity contribution in [2.45, 2.75) is 49.0 Å². The molecule has 3 aromatic heterocycles. The largest absolute Gasteiger partial charge is 0.508 e. The third kappa shape index (κ3) is 5.73. The number of hydrazine groups is 1. The third-order valence-corrected chi connectivity index (χ3v) is 15.1. The molecule has 7 atom stereocenters. The number of aromatic nitrogens is 2. The Morgan fingerprint density at radius 1 is 0.632 bits per heavy atom. The topological polar surface area (TPSA) is 268 Å². The molecule has 2 radical (unpaired) electrons. The van der Waals surface area contributed by atoms with E-state index in [1.54, 1.807) is 6.08 Å². The van der Waals surface area contributed by atoms with Gasteiger partial charge < -0.3 is 65.3 Å². The van der Waals surface area contributed by atoms with Gasteiger partial charge in [-0.15, -0.1) is 11.3 Å². The summed E-state index contributed by atoms with van der Waals surface area (Å²) in [5, 5.41) is 129. The molecule has 7 unspecified atom stereocenters. The number of thiophene rings is 1. The van der Waals surface area contributed by atoms with Crippen LogP contribution in [0.5, 0.6) is 51.7 Å². The highest BCUT2D eigenvalue weighted by Gasteiger charge is 2.40. The van der Waals surface area contributed by atoms with Gasteiger partial charge in [0.2, 0.25) is 5.75 Å². The van der Waals surface area contributed by atoms with E-state index >= 15 is 0 Å². The second kappa shape index (κ2) is 15.0. The monoisotopic (exact) mass is 929 g/mol. The first-order valence-electron chi connectivity index (χ1n) is 21.7. The summed E-state index contributed by atoms with van der Waals surface area (Å²) < 4.78 is 4.17. The minimum absolute atomic E-state index is 0.0127. The van der Waals surface area contributed by atoms with Crippen molar-refractivity contribution in [3.8, 4) is 51.7 Å². The summed E-state index contributed by atoms with van der Waals surface area (Å²) in [5.74, 6) is -6.30. The molecule has 1 aliphatic heterocycles. The highest BCUT2D eigenvalue weighted by Crippen LogP contribution is 2.57. The van der Waals surface area contributed by atoms with Gasteiger partial charge in [0.05, 0.1) is 67.2 Å². The lowest BCUT2D eigenvalue weighted by molar-refractivity contribution is 0.0477. The molecular formula is C50H40BN5O11S. The number of benzene rings is 5. The molecule has 0 spiro atoms. The number of fused-ring (bicyclic) bond motifs is 10. The molecular weight excluding hydrogens is 889 g/mol. The fourth-order valence-electron chi connectivity index (χ4n) is 10.8. The van der Waals surface area contributed by atoms with Crippen LogP contribution in [0.4, 0.5) is 0 Å². The van der Waals surface area contributed by atoms with Crippen molar-refractivity contribution in [1.29, 1.82) is 0 Å². The summed E-state index contributed by atoms with van der Waals surface area (Å²) in [6.07, 6.45) is 13.0. The lowest BCUT2D eigenvalue weighted by Crippen LogP contribution is -2.36. The Kier molecular flexibility index (Phi) is 9.20. The summed E-state index contributed by atoms with van der Waals surface area (Å²) in [6.45, 7) is 0. The van der Waals surface area contributed by atoms with E-state index in [-0.39, 0.29) is 60.1 Å². The Balaban J connectivity index is 1.20. The minimum Gasteiger partial charge on any atom is -0.508 e. The highest BCUT2D eigenvalue weighted by atomic mass is 32.1. The maximum absolute atomic E-state index is 12.3. The van der Waals surface area contributed by atoms with Crippen LogP contribution in [0.2, 0.25) is 0 Å². The van der Waals surface area contributed by atoms with E-state index in [1.165, 1.54) is 18.2 Å². The predicted octanol–water partition coefficient (Wildman–Crippen LogP) is 6.28. The zero-order valence-electron chi connectivity index (χ0n) is 35.4. The quantitative estimate of drug-likeness (QED) is 0.0515. The number of nitrogens with zero attached hydrogens (tertiary/aromatic N) is 2. The number of hydrogen-bond donors (Lipinski definition) is 14. The second-order valence-corrected chi connectivity index (χ2v) is 18.5. The Labute approximate surface area is 389 Å². The van der Waals surface area contributed by atoms with Crippen molar-refractivity contribution in [2.24, 2.45) is 0 Å². The molecule has 340 valence electrons. The number of aromatic hydroxyl groups is 9. The number of aliphatic hydroxyl groups excluding tert-OH is 2. The van der Waals surface area contributed by atoms with Gasteiger partial charge in [0.25, 0.3) is 0 Å². The summed E-state index contributed by atoms with van der Waals surface area (Å²) in [5.41, 5.74) is 9.92. The number of hydrogen-bond acceptors (Lipinski definition) is 15. The number of rotatable bonds is 5. The van der Waals surface area contributed by atoms with Crippen LogP contribution >= 0.6 is 11.3 Å². The van der Waals surface area contributed by atoms with Gasteiger partial charge in [-0.3, -0.25) is 5.32 Å². The molecule has 1 fully saturated rings. The van der Waals surface area contributed by atoms with E-state index in [9.17, 15) is 56.2 Å². The molecule has 0 amide bonds. The van der Waals surface area contributed by atoms with Gasteiger partial charge in [0.15, 0.2) is 34.5 Å². The second-order valence-electron chi connectivity index (χ2n) is 17.5. The first-order valence-corrected chi connectivity index (χ1v) is 22.5. The number of phenolic OH excluding ortho intramolecular Hbond substituents is 9. The Morgan fingerprint density at radius 2 is 1.34 bits per heavy atom. The minimum atomic E-state index is -1.56. The van der Waals surface area contributed by atoms with Crippen LogP contribution in [0.25, 0.3) is 59.0 Å². The van der Waals surface area contributed by atoms with Crippen LogP contribution in [-0.2, 0) is 0 Å². The van der Waals surface area contributed by atoms with E-state index in [4.69, 9.17) is 7.85 Å². The number of phenols is 9. The average molecular weight is 930 g/mol. The first-order chi connectivity index (χ1) is 32.7. The number of nitrogens with one attached hydrogen (secondary N) is 3. The molecule has 16 nitrogen and oxygen atoms in total. The molecule has 8 aromatic rings. The van der Waals surface area contributed by atoms with E-state index in [2.05, 4.69) is 16.2 Å². The molecule has 5 aromatic carbocycles. The van der Waals surface area contributed by atoms with Crippen molar-refractivity contribution in [2.75, 3.05) is 0 Å². The number of aliphatic hydroxyl groups is 2. The van der Waals surface area contributed by atoms with Gasteiger partial charge in [-0.05, 0) is 40.7 Å². The zero-order chi connectivity index (χ0) is 47.2. The maximum Gasteiger partial charge on any atom is 0.201 e. The molecule has 14 N–H and O–H groups in total. The van der Waals surface area contributed by atoms with Crippen molar-refractivity contribution < 1.29 is 56.2 Å². The van der Waals surface area contributed by atoms with Crippen LogP contribution in [0, 0.1) is 0 Å². The highest BCUT2D eigenvalue weighted by molar-refractivity contribution is 7.26. The van der Waals surface area contributed by atoms with Crippen LogP contribution in [0.3, 0.4) is 0 Å². The molecule has 68 heavy (non-hydrogen) atoms. The van der Waals surface area contributed by atoms with Crippen molar-refractivity contribution in [3.05, 3.63) is 125 Å². The molecule has 0 bridgehead atoms. The molecule has 1 saturated heterocycles. The van der Waals surface area contributed by atoms with Crippen LogP contribution in [0.1, 0.15) is 59.1 Å². The van der Waals surface area contributed by atoms with Gasteiger partial charge in [-0.25, -0.2) is 10.9 Å². The van der Waals surface area contributed by atoms with E-state index in [0.717, 1.165) is 28.5 Å². The van der Waals surface area contributed by atoms with Gasteiger partial charge in [-0.2, -0.15) is 0 Å². The van der Waals surface area contributed by atoms with E-state index in [0.29, 0.717) is 33.4 Å². The average Bonchev–Trinajstić information content (AvgIpc) is 4.14. The fourth-order valence-corrected chi connectivity index (χ4v) is 12.0. The van der Waals surface area contributed by atoms with Crippen LogP contribution < -0.4 is 21.6 Å². The SMILES string of the molecule is [B]c1c(O)c2c3c(O)c(O)c(O)cc3n(C3C=CC=CC3)c2c2c1c1c(n2C2C=CC(C3NNC(c4ccccc4)N3)=CC2c2cc(O)c(O)c3c2sc2c(O)cc(O)c(O)c23)C=CC(O)C1O. The third-order valence-electron chi connectivity index (χ3n) is 13.8. The summed E-state index contributed by atoms with van der Waals surface area (Å²) in [4.78, 5) is 0. The van der Waals surface area contributed by atoms with Gasteiger partial charge in [0.1, 0.15) is 31.6 Å². The Morgan fingerprint density at radius 3 is 2.09 bits per heavy atom. The number of allylic oxidation sites excluding steroid dienone is 6. The normalized spacial score (nSPS) is 23.5. The van der Waals surface area contributed by atoms with Gasteiger partial charge in [0, 0.05) is 39.4 Å². The van der Waals surface area contributed by atoms with Crippen LogP contribution in [-0.4, -0.2) is 85.4 Å². The lowest BCUT2D eigenvalue weighted by atomic mass is 9.83. The first kappa shape index (κ1) is 41.8. The summed E-state index contributed by atoms with van der Waals surface area (Å²) >= 11 is 1.02. The summed E-state index contributed by atoms with van der Waals surface area (Å²) in [7, 11) is 6.97. The molecule has 18 heteroatoms. The zero-order valence-corrected chi connectivity index (χ0v) is 36.2.